The molecule has 0 radical (unpaired) electrons. The van der Waals surface area contributed by atoms with Crippen LogP contribution in [0.5, 0.6) is 5.75 Å². The molecule has 190 valence electrons. The summed E-state index contributed by atoms with van der Waals surface area (Å²) in [6, 6.07) is 26.1. The van der Waals surface area contributed by atoms with Gasteiger partial charge in [0.05, 0.1) is 11.4 Å². The smallest absolute Gasteiger partial charge is 0.293 e. The Morgan fingerprint density at radius 2 is 1.74 bits per heavy atom. The van der Waals surface area contributed by atoms with E-state index >= 15 is 0 Å². The second kappa shape index (κ2) is 11.1. The summed E-state index contributed by atoms with van der Waals surface area (Å²) in [5.41, 5.74) is 2.95. The van der Waals surface area contributed by atoms with Crippen LogP contribution in [0.1, 0.15) is 16.7 Å². The van der Waals surface area contributed by atoms with Crippen LogP contribution in [0.4, 0.5) is 10.5 Å². The Labute approximate surface area is 229 Å². The lowest BCUT2D eigenvalue weighted by molar-refractivity contribution is -0.123. The van der Waals surface area contributed by atoms with E-state index in [-0.39, 0.29) is 30.2 Å². The van der Waals surface area contributed by atoms with Crippen molar-refractivity contribution in [3.05, 3.63) is 112 Å². The Balaban J connectivity index is 1.27. The molecule has 0 spiro atoms. The molecule has 1 heterocycles. The number of rotatable bonds is 7. The summed E-state index contributed by atoms with van der Waals surface area (Å²) in [5.74, 6) is -0.293. The zero-order valence-electron chi connectivity index (χ0n) is 20.4. The number of hydrogen-bond acceptors (Lipinski definition) is 5. The lowest BCUT2D eigenvalue weighted by Gasteiger charge is -2.13. The molecule has 0 aromatic heterocycles. The summed E-state index contributed by atoms with van der Waals surface area (Å²) in [7, 11) is 0. The van der Waals surface area contributed by atoms with E-state index < -0.39 is 0 Å². The number of nitrogens with one attached hydrogen (secondary N) is 1. The molecule has 0 unspecified atom stereocenters. The molecule has 1 saturated heterocycles. The highest BCUT2D eigenvalue weighted by Gasteiger charge is 2.35. The number of carbonyl (C=O) groups is 3. The molecule has 1 N–H and O–H groups in total. The Hall–Kier alpha value is -4.07. The maximum Gasteiger partial charge on any atom is 0.293 e. The van der Waals surface area contributed by atoms with Crippen LogP contribution < -0.4 is 10.1 Å². The highest BCUT2D eigenvalue weighted by molar-refractivity contribution is 8.18. The van der Waals surface area contributed by atoms with Gasteiger partial charge in [-0.3, -0.25) is 19.3 Å². The minimum atomic E-state index is -0.364. The molecule has 1 aliphatic rings. The number of anilines is 1. The first-order valence-corrected chi connectivity index (χ1v) is 13.1. The molecule has 0 bridgehead atoms. The maximum absolute atomic E-state index is 13.1. The predicted molar refractivity (Wildman–Crippen MR) is 152 cm³/mol. The van der Waals surface area contributed by atoms with E-state index in [0.717, 1.165) is 33.7 Å². The molecule has 5 rings (SSSR count). The third kappa shape index (κ3) is 5.74. The van der Waals surface area contributed by atoms with E-state index in [0.29, 0.717) is 26.9 Å². The van der Waals surface area contributed by atoms with Gasteiger partial charge < -0.3 is 10.1 Å². The molecule has 0 saturated carbocycles. The fourth-order valence-corrected chi connectivity index (χ4v) is 5.05. The van der Waals surface area contributed by atoms with Gasteiger partial charge in [-0.25, -0.2) is 0 Å². The molecule has 4 aromatic carbocycles. The quantitative estimate of drug-likeness (QED) is 0.253. The SMILES string of the molecule is Cc1ccc(NC(=O)COc2ccccc2/C=C2\SC(=O)N(Cc3ccc4ccccc4c3)C2=O)cc1Cl. The van der Waals surface area contributed by atoms with Crippen LogP contribution in [0.2, 0.25) is 5.02 Å². The summed E-state index contributed by atoms with van der Waals surface area (Å²) < 4.78 is 5.75. The number of ether oxygens (including phenoxy) is 1. The van der Waals surface area contributed by atoms with Crippen LogP contribution in [0.15, 0.2) is 89.8 Å². The lowest BCUT2D eigenvalue weighted by atomic mass is 10.1. The fourth-order valence-electron chi connectivity index (χ4n) is 4.04. The van der Waals surface area contributed by atoms with Crippen LogP contribution in [0, 0.1) is 6.92 Å². The number of nitrogens with zero attached hydrogens (tertiary/aromatic N) is 1. The predicted octanol–water partition coefficient (Wildman–Crippen LogP) is 7.06. The van der Waals surface area contributed by atoms with Gasteiger partial charge in [0.15, 0.2) is 6.61 Å². The molecule has 1 aliphatic heterocycles. The number of benzene rings is 4. The zero-order valence-corrected chi connectivity index (χ0v) is 22.0. The van der Waals surface area contributed by atoms with E-state index in [1.165, 1.54) is 4.90 Å². The van der Waals surface area contributed by atoms with Crippen molar-refractivity contribution in [2.24, 2.45) is 0 Å². The van der Waals surface area contributed by atoms with Gasteiger partial charge in [-0.2, -0.15) is 0 Å². The third-order valence-corrected chi connectivity index (χ3v) is 7.36. The Bertz CT molecular complexity index is 1600. The molecule has 3 amide bonds. The average molecular weight is 543 g/mol. The van der Waals surface area contributed by atoms with Crippen molar-refractivity contribution < 1.29 is 19.1 Å². The topological polar surface area (TPSA) is 75.7 Å². The summed E-state index contributed by atoms with van der Waals surface area (Å²) in [6.45, 7) is 1.83. The molecule has 0 aliphatic carbocycles. The van der Waals surface area contributed by atoms with Crippen molar-refractivity contribution in [1.29, 1.82) is 0 Å². The molecular weight excluding hydrogens is 520 g/mol. The minimum absolute atomic E-state index is 0.189. The second-order valence-corrected chi connectivity index (χ2v) is 10.2. The van der Waals surface area contributed by atoms with Gasteiger partial charge in [-0.05, 0) is 70.9 Å². The van der Waals surface area contributed by atoms with E-state index in [1.807, 2.05) is 55.5 Å². The molecule has 0 atom stereocenters. The average Bonchev–Trinajstić information content (AvgIpc) is 3.17. The molecule has 38 heavy (non-hydrogen) atoms. The number of para-hydroxylation sites is 1. The first-order valence-electron chi connectivity index (χ1n) is 11.9. The minimum Gasteiger partial charge on any atom is -0.483 e. The Kier molecular flexibility index (Phi) is 7.49. The molecule has 6 nitrogen and oxygen atoms in total. The van der Waals surface area contributed by atoms with Gasteiger partial charge >= 0.3 is 0 Å². The highest BCUT2D eigenvalue weighted by Crippen LogP contribution is 2.35. The number of aryl methyl sites for hydroxylation is 1. The molecule has 8 heteroatoms. The van der Waals surface area contributed by atoms with Crippen LogP contribution in [-0.2, 0) is 16.1 Å². The number of imide groups is 1. The summed E-state index contributed by atoms with van der Waals surface area (Å²) in [5, 5.41) is 5.13. The van der Waals surface area contributed by atoms with Crippen molar-refractivity contribution in [1.82, 2.24) is 4.90 Å². The molecular formula is C30H23ClN2O4S. The number of halogens is 1. The largest absolute Gasteiger partial charge is 0.483 e. The monoisotopic (exact) mass is 542 g/mol. The summed E-state index contributed by atoms with van der Waals surface area (Å²) >= 11 is 7.01. The van der Waals surface area contributed by atoms with Gasteiger partial charge in [0, 0.05) is 16.3 Å². The van der Waals surface area contributed by atoms with E-state index in [2.05, 4.69) is 5.32 Å². The summed E-state index contributed by atoms with van der Waals surface area (Å²) in [6.07, 6.45) is 1.62. The number of fused-ring (bicyclic) bond motifs is 1. The number of thioether (sulfide) groups is 1. The lowest BCUT2D eigenvalue weighted by Crippen LogP contribution is -2.27. The van der Waals surface area contributed by atoms with Crippen LogP contribution >= 0.6 is 23.4 Å². The van der Waals surface area contributed by atoms with E-state index in [1.54, 1.807) is 42.5 Å². The number of hydrogen-bond donors (Lipinski definition) is 1. The molecule has 1 fully saturated rings. The zero-order chi connectivity index (χ0) is 26.6. The van der Waals surface area contributed by atoms with Gasteiger partial charge in [0.25, 0.3) is 17.1 Å². The van der Waals surface area contributed by atoms with Gasteiger partial charge in [-0.15, -0.1) is 0 Å². The Morgan fingerprint density at radius 3 is 2.55 bits per heavy atom. The normalized spacial score (nSPS) is 14.4. The highest BCUT2D eigenvalue weighted by atomic mass is 35.5. The van der Waals surface area contributed by atoms with Crippen molar-refractivity contribution in [2.75, 3.05) is 11.9 Å². The van der Waals surface area contributed by atoms with Gasteiger partial charge in [-0.1, -0.05) is 72.3 Å². The first kappa shape index (κ1) is 25.6. The van der Waals surface area contributed by atoms with Crippen molar-refractivity contribution in [3.63, 3.8) is 0 Å². The standard InChI is InChI=1S/C30H23ClN2O4S/c1-19-10-13-24(16-25(19)31)32-28(34)18-37-26-9-5-4-8-23(26)15-27-29(35)33(30(36)38-27)17-20-11-12-21-6-2-3-7-22(21)14-20/h2-16H,17-18H2,1H3,(H,32,34)/b27-15-. The van der Waals surface area contributed by atoms with Crippen molar-refractivity contribution in [2.45, 2.75) is 13.5 Å². The van der Waals surface area contributed by atoms with Gasteiger partial charge in [0.1, 0.15) is 5.75 Å². The Morgan fingerprint density at radius 1 is 0.974 bits per heavy atom. The molecule has 4 aromatic rings. The first-order chi connectivity index (χ1) is 18.4. The maximum atomic E-state index is 13.1. The van der Waals surface area contributed by atoms with E-state index in [4.69, 9.17) is 16.3 Å². The van der Waals surface area contributed by atoms with Crippen LogP contribution in [0.3, 0.4) is 0 Å². The summed E-state index contributed by atoms with van der Waals surface area (Å²) in [4.78, 5) is 39.8. The van der Waals surface area contributed by atoms with Gasteiger partial charge in [0.2, 0.25) is 0 Å². The van der Waals surface area contributed by atoms with E-state index in [9.17, 15) is 14.4 Å². The third-order valence-electron chi connectivity index (χ3n) is 6.05. The number of carbonyl (C=O) groups excluding carboxylic acids is 3. The van der Waals surface area contributed by atoms with Crippen LogP contribution in [0.25, 0.3) is 16.8 Å². The fraction of sp³-hybridized carbons (Fsp3) is 0.100. The van der Waals surface area contributed by atoms with Crippen LogP contribution in [-0.4, -0.2) is 28.6 Å². The van der Waals surface area contributed by atoms with Crippen molar-refractivity contribution in [3.8, 4) is 5.75 Å². The van der Waals surface area contributed by atoms with Crippen molar-refractivity contribution >= 4 is 63.0 Å². The number of amides is 3. The second-order valence-electron chi connectivity index (χ2n) is 8.79.